The minimum absolute atomic E-state index is 0.00111. The highest BCUT2D eigenvalue weighted by atomic mass is 32.2. The Morgan fingerprint density at radius 2 is 1.84 bits per heavy atom. The van der Waals surface area contributed by atoms with Gasteiger partial charge in [-0.05, 0) is 37.6 Å². The molecule has 2 aromatic carbocycles. The van der Waals surface area contributed by atoms with Crippen molar-refractivity contribution in [3.8, 4) is 5.19 Å². The molecule has 0 aliphatic carbocycles. The summed E-state index contributed by atoms with van der Waals surface area (Å²) in [4.78, 5) is 19.2. The summed E-state index contributed by atoms with van der Waals surface area (Å²) in [7, 11) is -3.46. The van der Waals surface area contributed by atoms with Crippen LogP contribution in [0.5, 0.6) is 5.19 Å². The quantitative estimate of drug-likeness (QED) is 0.555. The van der Waals surface area contributed by atoms with Crippen LogP contribution in [0, 0.1) is 13.8 Å². The van der Waals surface area contributed by atoms with Crippen LogP contribution in [0.2, 0.25) is 0 Å². The van der Waals surface area contributed by atoms with Crippen LogP contribution in [-0.2, 0) is 14.6 Å². The molecule has 0 spiro atoms. The number of carbonyl (C=O) groups excluding carboxylic acids is 1. The Morgan fingerprint density at radius 3 is 2.52 bits per heavy atom. The number of piperidine rings is 1. The van der Waals surface area contributed by atoms with Gasteiger partial charge < -0.3 is 9.64 Å². The first-order chi connectivity index (χ1) is 14.8. The summed E-state index contributed by atoms with van der Waals surface area (Å²) in [5.41, 5.74) is 3.11. The molecule has 0 saturated carbocycles. The van der Waals surface area contributed by atoms with E-state index in [2.05, 4.69) is 4.98 Å². The number of hydrogen-bond donors (Lipinski definition) is 0. The van der Waals surface area contributed by atoms with Gasteiger partial charge in [-0.2, -0.15) is 0 Å². The molecule has 0 radical (unpaired) electrons. The van der Waals surface area contributed by atoms with Crippen molar-refractivity contribution in [2.75, 3.05) is 18.8 Å². The predicted molar refractivity (Wildman–Crippen MR) is 122 cm³/mol. The first kappa shape index (κ1) is 21.8. The standard InChI is InChI=1S/C23H26N2O4S2/c1-16-6-8-19(9-7-16)31(27,28)15-12-21(26)25-13-10-18(11-14-25)29-23-24-22-17(2)4-3-5-20(22)30-23/h3-9,18H,10-15H2,1-2H3. The van der Waals surface area contributed by atoms with Crippen molar-refractivity contribution in [1.29, 1.82) is 0 Å². The lowest BCUT2D eigenvalue weighted by Crippen LogP contribution is -2.42. The van der Waals surface area contributed by atoms with Gasteiger partial charge in [-0.25, -0.2) is 13.4 Å². The van der Waals surface area contributed by atoms with E-state index in [1.54, 1.807) is 40.5 Å². The Bertz CT molecular complexity index is 1180. The number of nitrogens with zero attached hydrogens (tertiary/aromatic N) is 2. The zero-order valence-electron chi connectivity index (χ0n) is 17.7. The molecule has 0 bridgehead atoms. The van der Waals surface area contributed by atoms with E-state index in [-0.39, 0.29) is 29.1 Å². The molecule has 164 valence electrons. The number of sulfone groups is 1. The molecule has 0 unspecified atom stereocenters. The van der Waals surface area contributed by atoms with Gasteiger partial charge in [0.05, 0.1) is 20.9 Å². The second-order valence-corrected chi connectivity index (χ2v) is 11.1. The molecule has 1 fully saturated rings. The highest BCUT2D eigenvalue weighted by Gasteiger charge is 2.26. The number of aryl methyl sites for hydroxylation is 2. The van der Waals surface area contributed by atoms with Crippen LogP contribution < -0.4 is 4.74 Å². The lowest BCUT2D eigenvalue weighted by Gasteiger charge is -2.31. The average Bonchev–Trinajstić information content (AvgIpc) is 3.17. The number of amides is 1. The molecular weight excluding hydrogens is 432 g/mol. The number of thiazole rings is 1. The largest absolute Gasteiger partial charge is 0.467 e. The van der Waals surface area contributed by atoms with E-state index in [0.29, 0.717) is 31.1 Å². The Morgan fingerprint density at radius 1 is 1.13 bits per heavy atom. The molecule has 0 N–H and O–H groups in total. The summed E-state index contributed by atoms with van der Waals surface area (Å²) in [6.45, 7) is 5.08. The Hall–Kier alpha value is -2.45. The molecule has 31 heavy (non-hydrogen) atoms. The normalized spacial score (nSPS) is 15.4. The minimum Gasteiger partial charge on any atom is -0.467 e. The summed E-state index contributed by atoms with van der Waals surface area (Å²) >= 11 is 1.54. The molecule has 8 heteroatoms. The van der Waals surface area contributed by atoms with Crippen LogP contribution in [0.25, 0.3) is 10.2 Å². The van der Waals surface area contributed by atoms with Gasteiger partial charge in [0.1, 0.15) is 6.10 Å². The molecule has 1 aromatic heterocycles. The lowest BCUT2D eigenvalue weighted by molar-refractivity contribution is -0.132. The fraction of sp³-hybridized carbons (Fsp3) is 0.391. The van der Waals surface area contributed by atoms with Crippen LogP contribution in [0.4, 0.5) is 0 Å². The minimum atomic E-state index is -3.46. The number of ether oxygens (including phenoxy) is 1. The molecule has 1 saturated heterocycles. The average molecular weight is 459 g/mol. The van der Waals surface area contributed by atoms with Gasteiger partial charge in [0.2, 0.25) is 5.91 Å². The number of carbonyl (C=O) groups is 1. The van der Waals surface area contributed by atoms with Crippen LogP contribution in [0.3, 0.4) is 0 Å². The van der Waals surface area contributed by atoms with Gasteiger partial charge in [-0.1, -0.05) is 41.2 Å². The van der Waals surface area contributed by atoms with E-state index >= 15 is 0 Å². The van der Waals surface area contributed by atoms with Crippen LogP contribution in [-0.4, -0.2) is 49.2 Å². The highest BCUT2D eigenvalue weighted by molar-refractivity contribution is 7.91. The third-order valence-electron chi connectivity index (χ3n) is 5.63. The zero-order valence-corrected chi connectivity index (χ0v) is 19.3. The SMILES string of the molecule is Cc1ccc(S(=O)(=O)CCC(=O)N2CCC(Oc3nc4c(C)cccc4s3)CC2)cc1. The van der Waals surface area contributed by atoms with Gasteiger partial charge in [0.15, 0.2) is 9.84 Å². The Kier molecular flexibility index (Phi) is 6.29. The zero-order chi connectivity index (χ0) is 22.0. The van der Waals surface area contributed by atoms with Crippen molar-refractivity contribution < 1.29 is 17.9 Å². The number of aromatic nitrogens is 1. The molecular formula is C23H26N2O4S2. The molecule has 4 rings (SSSR count). The van der Waals surface area contributed by atoms with Crippen molar-refractivity contribution in [1.82, 2.24) is 9.88 Å². The molecule has 1 aliphatic rings. The van der Waals surface area contributed by atoms with E-state index in [9.17, 15) is 13.2 Å². The van der Waals surface area contributed by atoms with Crippen LogP contribution in [0.1, 0.15) is 30.4 Å². The fourth-order valence-electron chi connectivity index (χ4n) is 3.73. The summed E-state index contributed by atoms with van der Waals surface area (Å²) < 4.78 is 32.2. The first-order valence-corrected chi connectivity index (χ1v) is 12.9. The number of rotatable bonds is 6. The third kappa shape index (κ3) is 5.07. The van der Waals surface area contributed by atoms with Gasteiger partial charge in [-0.15, -0.1) is 0 Å². The maximum absolute atomic E-state index is 12.6. The van der Waals surface area contributed by atoms with E-state index in [1.807, 2.05) is 32.0 Å². The maximum Gasteiger partial charge on any atom is 0.274 e. The molecule has 0 atom stereocenters. The van der Waals surface area contributed by atoms with Gasteiger partial charge in [0, 0.05) is 32.4 Å². The van der Waals surface area contributed by atoms with Crippen molar-refractivity contribution in [2.24, 2.45) is 0 Å². The summed E-state index contributed by atoms with van der Waals surface area (Å²) in [5.74, 6) is -0.291. The van der Waals surface area contributed by atoms with Gasteiger partial charge >= 0.3 is 0 Å². The second kappa shape index (κ2) is 8.96. The monoisotopic (exact) mass is 458 g/mol. The second-order valence-electron chi connectivity index (χ2n) is 7.98. The van der Waals surface area contributed by atoms with E-state index in [0.717, 1.165) is 21.3 Å². The number of likely N-dealkylation sites (tertiary alicyclic amines) is 1. The molecule has 1 aliphatic heterocycles. The molecule has 3 aromatic rings. The number of fused-ring (bicyclic) bond motifs is 1. The van der Waals surface area contributed by atoms with Gasteiger partial charge in [0.25, 0.3) is 5.19 Å². The molecule has 6 nitrogen and oxygen atoms in total. The number of hydrogen-bond acceptors (Lipinski definition) is 6. The fourth-order valence-corrected chi connectivity index (χ4v) is 5.91. The summed E-state index contributed by atoms with van der Waals surface area (Å²) in [6.07, 6.45) is 1.44. The van der Waals surface area contributed by atoms with Gasteiger partial charge in [-0.3, -0.25) is 4.79 Å². The Balaban J connectivity index is 1.28. The van der Waals surface area contributed by atoms with E-state index in [4.69, 9.17) is 4.74 Å². The van der Waals surface area contributed by atoms with Crippen molar-refractivity contribution in [3.63, 3.8) is 0 Å². The van der Waals surface area contributed by atoms with Crippen molar-refractivity contribution in [3.05, 3.63) is 53.6 Å². The van der Waals surface area contributed by atoms with E-state index in [1.165, 1.54) is 0 Å². The smallest absolute Gasteiger partial charge is 0.274 e. The number of para-hydroxylation sites is 1. The van der Waals surface area contributed by atoms with Crippen LogP contribution >= 0.6 is 11.3 Å². The topological polar surface area (TPSA) is 76.6 Å². The third-order valence-corrected chi connectivity index (χ3v) is 8.27. The van der Waals surface area contributed by atoms with Crippen LogP contribution in [0.15, 0.2) is 47.4 Å². The highest BCUT2D eigenvalue weighted by Crippen LogP contribution is 2.31. The molecule has 1 amide bonds. The molecule has 2 heterocycles. The summed E-state index contributed by atoms with van der Waals surface area (Å²) in [6, 6.07) is 12.8. The Labute approximate surface area is 186 Å². The number of benzene rings is 2. The van der Waals surface area contributed by atoms with Crippen molar-refractivity contribution >= 4 is 37.3 Å². The summed E-state index contributed by atoms with van der Waals surface area (Å²) in [5, 5.41) is 0.665. The maximum atomic E-state index is 12.6. The van der Waals surface area contributed by atoms with Crippen molar-refractivity contribution in [2.45, 2.75) is 44.1 Å². The predicted octanol–water partition coefficient (Wildman–Crippen LogP) is 4.15. The van der Waals surface area contributed by atoms with E-state index < -0.39 is 9.84 Å². The first-order valence-electron chi connectivity index (χ1n) is 10.4. The lowest BCUT2D eigenvalue weighted by atomic mass is 10.1.